The average Bonchev–Trinajstić information content (AvgIpc) is 2.90. The SMILES string of the molecule is CCc1c(C)[nH]c(CCSCc2csc(N=C(N)N)n2)nc1=O. The van der Waals surface area contributed by atoms with Gasteiger partial charge in [0.15, 0.2) is 5.96 Å². The van der Waals surface area contributed by atoms with Crippen LogP contribution in [0, 0.1) is 6.92 Å². The van der Waals surface area contributed by atoms with Gasteiger partial charge in [0, 0.05) is 34.6 Å². The minimum absolute atomic E-state index is 0.0134. The standard InChI is InChI=1S/C14H20N6OS2/c1-3-10-8(2)17-11(19-12(10)21)4-5-22-6-9-7-23-14(18-9)20-13(15)16/h7H,3-6H2,1-2H3,(H,17,19,21)(H4,15,16,18,20). The van der Waals surface area contributed by atoms with Gasteiger partial charge in [0.1, 0.15) is 5.82 Å². The molecule has 0 aromatic carbocycles. The highest BCUT2D eigenvalue weighted by Gasteiger charge is 2.07. The van der Waals surface area contributed by atoms with E-state index in [1.807, 2.05) is 19.2 Å². The molecular formula is C14H20N6OS2. The zero-order valence-corrected chi connectivity index (χ0v) is 14.8. The molecule has 0 aliphatic carbocycles. The molecule has 9 heteroatoms. The molecule has 0 aliphatic rings. The normalized spacial score (nSPS) is 10.7. The van der Waals surface area contributed by atoms with Crippen LogP contribution in [0.4, 0.5) is 5.13 Å². The third kappa shape index (κ3) is 5.07. The van der Waals surface area contributed by atoms with E-state index >= 15 is 0 Å². The van der Waals surface area contributed by atoms with Gasteiger partial charge in [-0.1, -0.05) is 6.92 Å². The van der Waals surface area contributed by atoms with E-state index in [9.17, 15) is 4.79 Å². The van der Waals surface area contributed by atoms with Crippen molar-refractivity contribution < 1.29 is 0 Å². The summed E-state index contributed by atoms with van der Waals surface area (Å²) in [6, 6.07) is 0. The Morgan fingerprint density at radius 1 is 1.43 bits per heavy atom. The lowest BCUT2D eigenvalue weighted by Crippen LogP contribution is -2.21. The summed E-state index contributed by atoms with van der Waals surface area (Å²) in [5.41, 5.74) is 13.1. The van der Waals surface area contributed by atoms with E-state index < -0.39 is 0 Å². The number of aromatic amines is 1. The number of guanidine groups is 1. The molecule has 2 aromatic rings. The third-order valence-electron chi connectivity index (χ3n) is 3.13. The van der Waals surface area contributed by atoms with Crippen molar-refractivity contribution >= 4 is 34.2 Å². The van der Waals surface area contributed by atoms with Crippen LogP contribution < -0.4 is 17.0 Å². The van der Waals surface area contributed by atoms with Gasteiger partial charge in [-0.25, -0.2) is 4.98 Å². The van der Waals surface area contributed by atoms with Crippen molar-refractivity contribution in [2.45, 2.75) is 32.4 Å². The summed E-state index contributed by atoms with van der Waals surface area (Å²) in [5, 5.41) is 2.51. The number of nitrogens with one attached hydrogen (secondary N) is 1. The predicted molar refractivity (Wildman–Crippen MR) is 96.4 cm³/mol. The summed E-state index contributed by atoms with van der Waals surface area (Å²) in [5.74, 6) is 2.37. The summed E-state index contributed by atoms with van der Waals surface area (Å²) in [6.45, 7) is 3.87. The number of thioether (sulfide) groups is 1. The quantitative estimate of drug-likeness (QED) is 0.394. The summed E-state index contributed by atoms with van der Waals surface area (Å²) in [4.78, 5) is 27.4. The Kier molecular flexibility index (Phi) is 6.17. The van der Waals surface area contributed by atoms with E-state index in [4.69, 9.17) is 11.5 Å². The first kappa shape index (κ1) is 17.5. The molecule has 2 aromatic heterocycles. The van der Waals surface area contributed by atoms with Gasteiger partial charge in [0.25, 0.3) is 5.56 Å². The molecule has 0 aliphatic heterocycles. The van der Waals surface area contributed by atoms with Crippen molar-refractivity contribution in [2.75, 3.05) is 5.75 Å². The van der Waals surface area contributed by atoms with Gasteiger partial charge < -0.3 is 16.5 Å². The molecule has 2 heterocycles. The fourth-order valence-corrected chi connectivity index (χ4v) is 3.73. The number of nitrogens with two attached hydrogens (primary N) is 2. The minimum atomic E-state index is -0.120. The molecule has 23 heavy (non-hydrogen) atoms. The van der Waals surface area contributed by atoms with Crippen molar-refractivity contribution in [3.05, 3.63) is 38.5 Å². The first-order valence-corrected chi connectivity index (χ1v) is 9.23. The summed E-state index contributed by atoms with van der Waals surface area (Å²) >= 11 is 3.13. The van der Waals surface area contributed by atoms with Crippen molar-refractivity contribution in [1.29, 1.82) is 0 Å². The number of nitrogens with zero attached hydrogens (tertiary/aromatic N) is 3. The molecule has 0 saturated heterocycles. The van der Waals surface area contributed by atoms with Gasteiger partial charge in [-0.3, -0.25) is 4.79 Å². The molecule has 0 radical (unpaired) electrons. The Morgan fingerprint density at radius 2 is 2.22 bits per heavy atom. The number of rotatable bonds is 7. The minimum Gasteiger partial charge on any atom is -0.370 e. The molecule has 2 rings (SSSR count). The molecule has 0 amide bonds. The lowest BCUT2D eigenvalue weighted by Gasteiger charge is -2.05. The second-order valence-electron chi connectivity index (χ2n) is 4.91. The third-order valence-corrected chi connectivity index (χ3v) is 4.91. The Bertz CT molecular complexity index is 748. The van der Waals surface area contributed by atoms with E-state index in [0.717, 1.165) is 40.7 Å². The van der Waals surface area contributed by atoms with Crippen LogP contribution in [0.5, 0.6) is 0 Å². The maximum Gasteiger partial charge on any atom is 0.276 e. The summed E-state index contributed by atoms with van der Waals surface area (Å²) in [7, 11) is 0. The van der Waals surface area contributed by atoms with Crippen molar-refractivity contribution in [2.24, 2.45) is 16.5 Å². The van der Waals surface area contributed by atoms with Crippen LogP contribution in [0.25, 0.3) is 0 Å². The monoisotopic (exact) mass is 352 g/mol. The Hall–Kier alpha value is -1.87. The number of hydrogen-bond donors (Lipinski definition) is 3. The second kappa shape index (κ2) is 8.11. The number of thiazole rings is 1. The first-order valence-electron chi connectivity index (χ1n) is 7.20. The van der Waals surface area contributed by atoms with Gasteiger partial charge in [-0.05, 0) is 13.3 Å². The predicted octanol–water partition coefficient (Wildman–Crippen LogP) is 1.48. The van der Waals surface area contributed by atoms with Gasteiger partial charge in [0.05, 0.1) is 5.69 Å². The molecule has 124 valence electrons. The van der Waals surface area contributed by atoms with Crippen molar-refractivity contribution in [3.8, 4) is 0 Å². The molecule has 7 nitrogen and oxygen atoms in total. The fourth-order valence-electron chi connectivity index (χ4n) is 2.08. The molecule has 0 spiro atoms. The largest absolute Gasteiger partial charge is 0.370 e. The Labute approximate surface area is 142 Å². The zero-order chi connectivity index (χ0) is 16.8. The van der Waals surface area contributed by atoms with Crippen LogP contribution >= 0.6 is 23.1 Å². The van der Waals surface area contributed by atoms with Crippen LogP contribution in [-0.4, -0.2) is 26.7 Å². The van der Waals surface area contributed by atoms with Crippen LogP contribution in [0.3, 0.4) is 0 Å². The van der Waals surface area contributed by atoms with Gasteiger partial charge in [-0.15, -0.1) is 11.3 Å². The van der Waals surface area contributed by atoms with E-state index in [1.165, 1.54) is 11.3 Å². The number of aryl methyl sites for hydroxylation is 2. The molecule has 0 unspecified atom stereocenters. The highest BCUT2D eigenvalue weighted by Crippen LogP contribution is 2.21. The van der Waals surface area contributed by atoms with Crippen LogP contribution in [0.2, 0.25) is 0 Å². The Morgan fingerprint density at radius 3 is 2.87 bits per heavy atom. The molecule has 0 bridgehead atoms. The van der Waals surface area contributed by atoms with E-state index in [1.54, 1.807) is 11.8 Å². The number of aliphatic imine (C=N–C) groups is 1. The van der Waals surface area contributed by atoms with Gasteiger partial charge >= 0.3 is 0 Å². The summed E-state index contributed by atoms with van der Waals surface area (Å²) < 4.78 is 0. The topological polar surface area (TPSA) is 123 Å². The molecule has 0 atom stereocenters. The number of aromatic nitrogens is 3. The highest BCUT2D eigenvalue weighted by atomic mass is 32.2. The maximum absolute atomic E-state index is 11.9. The van der Waals surface area contributed by atoms with Crippen molar-refractivity contribution in [1.82, 2.24) is 15.0 Å². The lowest BCUT2D eigenvalue weighted by molar-refractivity contribution is 0.867. The lowest BCUT2D eigenvalue weighted by atomic mass is 10.2. The van der Waals surface area contributed by atoms with E-state index in [-0.39, 0.29) is 11.5 Å². The second-order valence-corrected chi connectivity index (χ2v) is 6.85. The van der Waals surface area contributed by atoms with E-state index in [0.29, 0.717) is 11.6 Å². The number of hydrogen-bond acceptors (Lipinski definition) is 6. The van der Waals surface area contributed by atoms with E-state index in [2.05, 4.69) is 19.9 Å². The molecule has 5 N–H and O–H groups in total. The van der Waals surface area contributed by atoms with Crippen LogP contribution in [0.15, 0.2) is 15.2 Å². The van der Waals surface area contributed by atoms with Gasteiger partial charge in [-0.2, -0.15) is 21.7 Å². The average molecular weight is 352 g/mol. The zero-order valence-electron chi connectivity index (χ0n) is 13.1. The smallest absolute Gasteiger partial charge is 0.276 e. The Balaban J connectivity index is 1.85. The number of H-pyrrole nitrogens is 1. The van der Waals surface area contributed by atoms with Gasteiger partial charge in [0.2, 0.25) is 5.13 Å². The highest BCUT2D eigenvalue weighted by molar-refractivity contribution is 7.98. The van der Waals surface area contributed by atoms with Crippen molar-refractivity contribution in [3.63, 3.8) is 0 Å². The molecule has 0 fully saturated rings. The molecular weight excluding hydrogens is 332 g/mol. The first-order chi connectivity index (χ1) is 11.0. The fraction of sp³-hybridized carbons (Fsp3) is 0.429. The van der Waals surface area contributed by atoms with Crippen LogP contribution in [-0.2, 0) is 18.6 Å². The maximum atomic E-state index is 11.9. The molecule has 0 saturated carbocycles. The summed E-state index contributed by atoms with van der Waals surface area (Å²) in [6.07, 6.45) is 1.42. The van der Waals surface area contributed by atoms with Crippen LogP contribution in [0.1, 0.15) is 29.7 Å².